The minimum Gasteiger partial charge on any atom is -0.481 e. The molecular weight excluding hydrogens is 166 g/mol. The number of carboxylic acids is 1. The van der Waals surface area contributed by atoms with E-state index in [1.807, 2.05) is 0 Å². The predicted molar refractivity (Wildman–Crippen MR) is 43.7 cm³/mol. The molecule has 4 nitrogen and oxygen atoms in total. The molecule has 0 aromatic heterocycles. The molecule has 0 rings (SSSR count). The van der Waals surface area contributed by atoms with E-state index in [0.29, 0.717) is 5.88 Å². The largest absolute Gasteiger partial charge is 0.481 e. The van der Waals surface area contributed by atoms with Crippen molar-refractivity contribution in [2.45, 2.75) is 19.4 Å². The number of aliphatic carboxylic acids is 1. The van der Waals surface area contributed by atoms with E-state index in [-0.39, 0.29) is 12.2 Å². The Morgan fingerprint density at radius 2 is 2.18 bits per heavy atom. The normalized spacial score (nSPS) is 12.5. The Balaban J connectivity index is 3.89. The third kappa shape index (κ3) is 4.80. The highest BCUT2D eigenvalue weighted by atomic mass is 32.1. The van der Waals surface area contributed by atoms with Crippen LogP contribution in [-0.4, -0.2) is 28.8 Å². The molecule has 0 aromatic carbocycles. The Hall–Kier alpha value is -0.550. The van der Waals surface area contributed by atoms with Gasteiger partial charge in [0, 0.05) is 5.88 Å². The Bertz CT molecular complexity index is 160. The number of rotatable bonds is 5. The van der Waals surface area contributed by atoms with E-state index in [9.17, 15) is 9.59 Å². The number of carbonyl (C=O) groups is 2. The summed E-state index contributed by atoms with van der Waals surface area (Å²) in [6.45, 7) is 1.35. The molecule has 0 fully saturated rings. The molecule has 1 unspecified atom stereocenters. The van der Waals surface area contributed by atoms with Crippen LogP contribution in [0.3, 0.4) is 0 Å². The molecule has 0 spiro atoms. The van der Waals surface area contributed by atoms with Crippen molar-refractivity contribution in [3.8, 4) is 0 Å². The summed E-state index contributed by atoms with van der Waals surface area (Å²) in [6, 6.07) is -0.606. The smallest absolute Gasteiger partial charge is 0.305 e. The first-order valence-corrected chi connectivity index (χ1v) is 3.77. The molecule has 0 saturated carbocycles. The summed E-state index contributed by atoms with van der Waals surface area (Å²) >= 11 is 3.82. The van der Waals surface area contributed by atoms with Crippen molar-refractivity contribution in [3.63, 3.8) is 0 Å². The Morgan fingerprint density at radius 1 is 1.64 bits per heavy atom. The molecule has 0 radical (unpaired) electrons. The van der Waals surface area contributed by atoms with Crippen molar-refractivity contribution in [2.24, 2.45) is 0 Å². The zero-order chi connectivity index (χ0) is 8.85. The Morgan fingerprint density at radius 3 is 2.45 bits per heavy atom. The van der Waals surface area contributed by atoms with Crippen LogP contribution in [0, 0.1) is 0 Å². The molecule has 5 heteroatoms. The van der Waals surface area contributed by atoms with Crippen LogP contribution in [0.25, 0.3) is 0 Å². The summed E-state index contributed by atoms with van der Waals surface area (Å²) in [5.41, 5.74) is 0. The number of hydrogen-bond acceptors (Lipinski definition) is 4. The molecule has 0 aliphatic rings. The maximum Gasteiger partial charge on any atom is 0.305 e. The predicted octanol–water partition coefficient (Wildman–Crippen LogP) is -0.104. The zero-order valence-corrected chi connectivity index (χ0v) is 7.10. The van der Waals surface area contributed by atoms with Crippen LogP contribution in [0.4, 0.5) is 0 Å². The van der Waals surface area contributed by atoms with Gasteiger partial charge in [0.05, 0.1) is 12.5 Å². The van der Waals surface area contributed by atoms with Crippen LogP contribution in [-0.2, 0) is 9.59 Å². The highest BCUT2D eigenvalue weighted by Crippen LogP contribution is 1.93. The number of thiol groups is 1. The molecule has 1 atom stereocenters. The van der Waals surface area contributed by atoms with Gasteiger partial charge in [-0.05, 0) is 6.92 Å². The molecule has 0 amide bonds. The molecule has 0 aliphatic carbocycles. The van der Waals surface area contributed by atoms with Crippen LogP contribution in [0.1, 0.15) is 13.3 Å². The molecule has 11 heavy (non-hydrogen) atoms. The number of carboxylic acid groups (broad SMARTS) is 1. The van der Waals surface area contributed by atoms with Crippen molar-refractivity contribution < 1.29 is 14.7 Å². The third-order valence-electron chi connectivity index (χ3n) is 1.21. The van der Waals surface area contributed by atoms with Gasteiger partial charge in [0.2, 0.25) is 0 Å². The second kappa shape index (κ2) is 5.15. The van der Waals surface area contributed by atoms with Gasteiger partial charge in [-0.25, -0.2) is 0 Å². The van der Waals surface area contributed by atoms with Crippen molar-refractivity contribution in [3.05, 3.63) is 0 Å². The van der Waals surface area contributed by atoms with Gasteiger partial charge in [-0.3, -0.25) is 14.9 Å². The summed E-state index contributed by atoms with van der Waals surface area (Å²) in [5.74, 6) is -0.863. The van der Waals surface area contributed by atoms with Crippen LogP contribution < -0.4 is 5.32 Å². The van der Waals surface area contributed by atoms with Gasteiger partial charge in [0.15, 0.2) is 0 Å². The van der Waals surface area contributed by atoms with E-state index in [4.69, 9.17) is 5.11 Å². The highest BCUT2D eigenvalue weighted by molar-refractivity contribution is 7.80. The van der Waals surface area contributed by atoms with E-state index in [1.54, 1.807) is 0 Å². The first kappa shape index (κ1) is 10.4. The van der Waals surface area contributed by atoms with Crippen molar-refractivity contribution >= 4 is 24.4 Å². The summed E-state index contributed by atoms with van der Waals surface area (Å²) < 4.78 is 0. The van der Waals surface area contributed by atoms with Crippen LogP contribution in [0.5, 0.6) is 0 Å². The molecule has 2 N–H and O–H groups in total. The standard InChI is InChI=1S/C6H11NO3S/c1-4(8)5(7-3-11)2-6(9)10/h5,7,11H,2-3H2,1H3,(H,9,10). The lowest BCUT2D eigenvalue weighted by Gasteiger charge is -2.10. The monoisotopic (exact) mass is 177 g/mol. The third-order valence-corrected chi connectivity index (χ3v) is 1.39. The Labute approximate surface area is 70.4 Å². The summed E-state index contributed by atoms with van der Waals surface area (Å²) in [4.78, 5) is 20.9. The fourth-order valence-electron chi connectivity index (χ4n) is 0.644. The van der Waals surface area contributed by atoms with E-state index in [2.05, 4.69) is 17.9 Å². The molecule has 0 bridgehead atoms. The summed E-state index contributed by atoms with van der Waals surface area (Å²) in [5, 5.41) is 11.0. The van der Waals surface area contributed by atoms with Crippen molar-refractivity contribution in [1.82, 2.24) is 5.32 Å². The van der Waals surface area contributed by atoms with Gasteiger partial charge in [0.1, 0.15) is 5.78 Å². The average Bonchev–Trinajstić information content (AvgIpc) is 1.86. The lowest BCUT2D eigenvalue weighted by Crippen LogP contribution is -2.36. The van der Waals surface area contributed by atoms with E-state index in [0.717, 1.165) is 0 Å². The van der Waals surface area contributed by atoms with Gasteiger partial charge in [-0.1, -0.05) is 0 Å². The van der Waals surface area contributed by atoms with E-state index >= 15 is 0 Å². The molecule has 0 aromatic rings. The van der Waals surface area contributed by atoms with E-state index in [1.165, 1.54) is 6.92 Å². The molecule has 0 aliphatic heterocycles. The topological polar surface area (TPSA) is 66.4 Å². The fourth-order valence-corrected chi connectivity index (χ4v) is 0.865. The van der Waals surface area contributed by atoms with Gasteiger partial charge in [0.25, 0.3) is 0 Å². The van der Waals surface area contributed by atoms with Gasteiger partial charge < -0.3 is 5.11 Å². The molecule has 64 valence electrons. The number of hydrogen-bond donors (Lipinski definition) is 3. The SMILES string of the molecule is CC(=O)C(CC(=O)O)NCS. The van der Waals surface area contributed by atoms with Crippen LogP contribution in [0.15, 0.2) is 0 Å². The summed E-state index contributed by atoms with van der Waals surface area (Å²) in [6.07, 6.45) is -0.185. The molecular formula is C6H11NO3S. The molecule has 0 saturated heterocycles. The number of nitrogens with one attached hydrogen (secondary N) is 1. The van der Waals surface area contributed by atoms with E-state index < -0.39 is 12.0 Å². The lowest BCUT2D eigenvalue weighted by molar-refractivity contribution is -0.139. The lowest BCUT2D eigenvalue weighted by atomic mass is 10.1. The minimum atomic E-state index is -0.987. The van der Waals surface area contributed by atoms with Crippen LogP contribution in [0.2, 0.25) is 0 Å². The average molecular weight is 177 g/mol. The van der Waals surface area contributed by atoms with Gasteiger partial charge in [-0.15, -0.1) is 0 Å². The highest BCUT2D eigenvalue weighted by Gasteiger charge is 2.15. The minimum absolute atomic E-state index is 0.179. The number of Topliss-reactive ketones (excluding diaryl/α,β-unsaturated/α-hetero) is 1. The number of carbonyl (C=O) groups excluding carboxylic acids is 1. The van der Waals surface area contributed by atoms with Gasteiger partial charge in [-0.2, -0.15) is 12.6 Å². The number of ketones is 1. The second-order valence-electron chi connectivity index (χ2n) is 2.12. The maximum atomic E-state index is 10.7. The first-order chi connectivity index (χ1) is 5.07. The second-order valence-corrected chi connectivity index (χ2v) is 2.44. The first-order valence-electron chi connectivity index (χ1n) is 3.14. The summed E-state index contributed by atoms with van der Waals surface area (Å²) in [7, 11) is 0. The quantitative estimate of drug-likeness (QED) is 0.405. The van der Waals surface area contributed by atoms with Crippen LogP contribution >= 0.6 is 12.6 Å². The zero-order valence-electron chi connectivity index (χ0n) is 6.20. The Kier molecular flexibility index (Phi) is 4.89. The maximum absolute atomic E-state index is 10.7. The fraction of sp³-hybridized carbons (Fsp3) is 0.667. The van der Waals surface area contributed by atoms with Gasteiger partial charge >= 0.3 is 5.97 Å². The van der Waals surface area contributed by atoms with Crippen molar-refractivity contribution in [2.75, 3.05) is 5.88 Å². The van der Waals surface area contributed by atoms with Crippen molar-refractivity contribution in [1.29, 1.82) is 0 Å². The molecule has 0 heterocycles.